The Labute approximate surface area is 159 Å². The topological polar surface area (TPSA) is 90.0 Å². The number of carbonyl (C=O) groups excluding carboxylic acids is 2. The highest BCUT2D eigenvalue weighted by molar-refractivity contribution is 7.98. The lowest BCUT2D eigenvalue weighted by molar-refractivity contribution is -0.117. The van der Waals surface area contributed by atoms with Gasteiger partial charge in [0.15, 0.2) is 5.16 Å². The summed E-state index contributed by atoms with van der Waals surface area (Å²) in [6, 6.07) is 12.7. The van der Waals surface area contributed by atoms with Crippen molar-refractivity contribution in [3.8, 4) is 5.69 Å². The van der Waals surface area contributed by atoms with Gasteiger partial charge in [0.2, 0.25) is 5.91 Å². The predicted molar refractivity (Wildman–Crippen MR) is 103 cm³/mol. The van der Waals surface area contributed by atoms with Crippen LogP contribution in [0.15, 0.2) is 59.9 Å². The molecule has 0 unspecified atom stereocenters. The first-order valence-electron chi connectivity index (χ1n) is 8.04. The van der Waals surface area contributed by atoms with Crippen molar-refractivity contribution < 1.29 is 14.0 Å². The lowest BCUT2D eigenvalue weighted by Gasteiger charge is -2.11. The SMILES string of the molecule is CSc1ncc(C(=O)Nc2ccc(CC(N)=O)cc2)n1-c1ccc(F)cc1. The maximum absolute atomic E-state index is 13.2. The summed E-state index contributed by atoms with van der Waals surface area (Å²) in [5.41, 5.74) is 7.48. The third-order valence-electron chi connectivity index (χ3n) is 3.82. The summed E-state index contributed by atoms with van der Waals surface area (Å²) in [4.78, 5) is 28.0. The standard InChI is InChI=1S/C19H17FN4O2S/c1-27-19-22-11-16(24(19)15-8-4-13(20)5-9-15)18(26)23-14-6-2-12(3-7-14)10-17(21)25/h2-9,11H,10H2,1H3,(H2,21,25)(H,23,26). The van der Waals surface area contributed by atoms with Crippen molar-refractivity contribution in [3.05, 3.63) is 71.8 Å². The summed E-state index contributed by atoms with van der Waals surface area (Å²) in [6.45, 7) is 0. The minimum atomic E-state index is -0.417. The molecule has 0 aliphatic rings. The number of thioether (sulfide) groups is 1. The van der Waals surface area contributed by atoms with Crippen LogP contribution < -0.4 is 11.1 Å². The number of nitrogens with two attached hydrogens (primary N) is 1. The summed E-state index contributed by atoms with van der Waals surface area (Å²) in [7, 11) is 0. The molecule has 2 amide bonds. The molecular formula is C19H17FN4O2S. The van der Waals surface area contributed by atoms with E-state index in [0.717, 1.165) is 5.56 Å². The molecule has 0 atom stereocenters. The number of aromatic nitrogens is 2. The van der Waals surface area contributed by atoms with Gasteiger partial charge in [-0.1, -0.05) is 23.9 Å². The smallest absolute Gasteiger partial charge is 0.274 e. The van der Waals surface area contributed by atoms with Crippen LogP contribution in [0.4, 0.5) is 10.1 Å². The Bertz CT molecular complexity index is 968. The Kier molecular flexibility index (Phi) is 5.56. The first-order chi connectivity index (χ1) is 13.0. The first-order valence-corrected chi connectivity index (χ1v) is 9.26. The zero-order valence-electron chi connectivity index (χ0n) is 14.5. The third kappa shape index (κ3) is 4.35. The molecule has 3 aromatic rings. The van der Waals surface area contributed by atoms with E-state index < -0.39 is 5.91 Å². The number of imidazole rings is 1. The van der Waals surface area contributed by atoms with Gasteiger partial charge in [-0.25, -0.2) is 9.37 Å². The highest BCUT2D eigenvalue weighted by Gasteiger charge is 2.18. The molecule has 27 heavy (non-hydrogen) atoms. The Balaban J connectivity index is 1.86. The molecule has 6 nitrogen and oxygen atoms in total. The number of nitrogens with zero attached hydrogens (tertiary/aromatic N) is 2. The van der Waals surface area contributed by atoms with Gasteiger partial charge >= 0.3 is 0 Å². The van der Waals surface area contributed by atoms with E-state index in [4.69, 9.17) is 5.73 Å². The number of nitrogens with one attached hydrogen (secondary N) is 1. The second-order valence-corrected chi connectivity index (χ2v) is 6.51. The molecule has 3 N–H and O–H groups in total. The summed E-state index contributed by atoms with van der Waals surface area (Å²) in [5.74, 6) is -1.12. The number of primary amides is 1. The van der Waals surface area contributed by atoms with Crippen LogP contribution in [-0.2, 0) is 11.2 Å². The minimum Gasteiger partial charge on any atom is -0.369 e. The largest absolute Gasteiger partial charge is 0.369 e. The van der Waals surface area contributed by atoms with Gasteiger partial charge in [-0.15, -0.1) is 0 Å². The molecule has 0 aliphatic carbocycles. The summed E-state index contributed by atoms with van der Waals surface area (Å²) in [5, 5.41) is 3.41. The van der Waals surface area contributed by atoms with Gasteiger partial charge in [-0.05, 0) is 48.2 Å². The molecule has 2 aromatic carbocycles. The average Bonchev–Trinajstić information content (AvgIpc) is 3.08. The Morgan fingerprint density at radius 1 is 1.15 bits per heavy atom. The Morgan fingerprint density at radius 2 is 1.81 bits per heavy atom. The minimum absolute atomic E-state index is 0.142. The maximum atomic E-state index is 13.2. The number of benzene rings is 2. The van der Waals surface area contributed by atoms with Crippen LogP contribution in [0.5, 0.6) is 0 Å². The van der Waals surface area contributed by atoms with Gasteiger partial charge in [0.1, 0.15) is 11.5 Å². The zero-order valence-corrected chi connectivity index (χ0v) is 15.3. The molecule has 3 rings (SSSR count). The molecule has 8 heteroatoms. The summed E-state index contributed by atoms with van der Waals surface area (Å²) < 4.78 is 14.9. The maximum Gasteiger partial charge on any atom is 0.274 e. The highest BCUT2D eigenvalue weighted by atomic mass is 32.2. The molecule has 138 valence electrons. The Hall–Kier alpha value is -3.13. The quantitative estimate of drug-likeness (QED) is 0.639. The summed E-state index contributed by atoms with van der Waals surface area (Å²) >= 11 is 1.38. The molecule has 1 aromatic heterocycles. The number of rotatable bonds is 6. The van der Waals surface area contributed by atoms with Gasteiger partial charge < -0.3 is 11.1 Å². The second kappa shape index (κ2) is 8.05. The molecular weight excluding hydrogens is 367 g/mol. The molecule has 0 saturated heterocycles. The second-order valence-electron chi connectivity index (χ2n) is 5.74. The van der Waals surface area contributed by atoms with Crippen LogP contribution in [0.3, 0.4) is 0 Å². The molecule has 1 heterocycles. The van der Waals surface area contributed by atoms with Gasteiger partial charge in [0, 0.05) is 11.4 Å². The molecule has 0 spiro atoms. The van der Waals surface area contributed by atoms with Gasteiger partial charge in [-0.2, -0.15) is 0 Å². The molecule has 0 bridgehead atoms. The summed E-state index contributed by atoms with van der Waals surface area (Å²) in [6.07, 6.45) is 3.47. The van der Waals surface area contributed by atoms with E-state index in [1.165, 1.54) is 30.1 Å². The fourth-order valence-electron chi connectivity index (χ4n) is 2.58. The van der Waals surface area contributed by atoms with Gasteiger partial charge in [-0.3, -0.25) is 14.2 Å². The highest BCUT2D eigenvalue weighted by Crippen LogP contribution is 2.23. The van der Waals surface area contributed by atoms with E-state index in [9.17, 15) is 14.0 Å². The van der Waals surface area contributed by atoms with Crippen molar-refractivity contribution in [1.82, 2.24) is 9.55 Å². The van der Waals surface area contributed by atoms with Crippen molar-refractivity contribution in [2.24, 2.45) is 5.73 Å². The van der Waals surface area contributed by atoms with Gasteiger partial charge in [0.05, 0.1) is 12.6 Å². The van der Waals surface area contributed by atoms with E-state index in [1.54, 1.807) is 41.0 Å². The van der Waals surface area contributed by atoms with E-state index in [1.807, 2.05) is 6.26 Å². The van der Waals surface area contributed by atoms with Crippen LogP contribution in [0.25, 0.3) is 5.69 Å². The number of anilines is 1. The van der Waals surface area contributed by atoms with E-state index in [0.29, 0.717) is 22.2 Å². The van der Waals surface area contributed by atoms with Crippen LogP contribution in [0, 0.1) is 5.82 Å². The normalized spacial score (nSPS) is 10.6. The molecule has 0 radical (unpaired) electrons. The van der Waals surface area contributed by atoms with E-state index >= 15 is 0 Å². The lowest BCUT2D eigenvalue weighted by atomic mass is 10.1. The van der Waals surface area contributed by atoms with Crippen LogP contribution in [0.2, 0.25) is 0 Å². The van der Waals surface area contributed by atoms with Crippen LogP contribution in [0.1, 0.15) is 16.1 Å². The third-order valence-corrected chi connectivity index (χ3v) is 4.47. The number of halogens is 1. The van der Waals surface area contributed by atoms with E-state index in [2.05, 4.69) is 10.3 Å². The predicted octanol–water partition coefficient (Wildman–Crippen LogP) is 3.01. The Morgan fingerprint density at radius 3 is 2.41 bits per heavy atom. The molecule has 0 aliphatic heterocycles. The number of amides is 2. The molecule has 0 saturated carbocycles. The average molecular weight is 384 g/mol. The van der Waals surface area contributed by atoms with Crippen LogP contribution in [-0.4, -0.2) is 27.6 Å². The fraction of sp³-hybridized carbons (Fsp3) is 0.105. The molecule has 0 fully saturated rings. The van der Waals surface area contributed by atoms with Crippen molar-refractivity contribution in [1.29, 1.82) is 0 Å². The van der Waals surface area contributed by atoms with Crippen molar-refractivity contribution >= 4 is 29.3 Å². The number of hydrogen-bond donors (Lipinski definition) is 2. The van der Waals surface area contributed by atoms with Crippen molar-refractivity contribution in [3.63, 3.8) is 0 Å². The fourth-order valence-corrected chi connectivity index (χ4v) is 3.13. The van der Waals surface area contributed by atoms with E-state index in [-0.39, 0.29) is 18.1 Å². The number of carbonyl (C=O) groups is 2. The van der Waals surface area contributed by atoms with Crippen molar-refractivity contribution in [2.75, 3.05) is 11.6 Å². The van der Waals surface area contributed by atoms with Crippen LogP contribution >= 0.6 is 11.8 Å². The van der Waals surface area contributed by atoms with Crippen molar-refractivity contribution in [2.45, 2.75) is 11.6 Å². The first kappa shape index (κ1) is 18.7. The number of hydrogen-bond acceptors (Lipinski definition) is 4. The van der Waals surface area contributed by atoms with Gasteiger partial charge in [0.25, 0.3) is 5.91 Å². The lowest BCUT2D eigenvalue weighted by Crippen LogP contribution is -2.17. The monoisotopic (exact) mass is 384 g/mol. The zero-order chi connectivity index (χ0) is 19.4.